The van der Waals surface area contributed by atoms with Gasteiger partial charge < -0.3 is 15.2 Å². The van der Waals surface area contributed by atoms with Gasteiger partial charge in [-0.3, -0.25) is 4.79 Å². The highest BCUT2D eigenvalue weighted by molar-refractivity contribution is 7.69. The Morgan fingerprint density at radius 3 is 2.68 bits per heavy atom. The number of benzene rings is 2. The van der Waals surface area contributed by atoms with E-state index in [0.717, 1.165) is 27.9 Å². The van der Waals surface area contributed by atoms with Crippen molar-refractivity contribution in [2.75, 3.05) is 6.61 Å². The van der Waals surface area contributed by atoms with Crippen LogP contribution in [-0.4, -0.2) is 17.5 Å². The monoisotopic (exact) mass is 374 g/mol. The van der Waals surface area contributed by atoms with Crippen molar-refractivity contribution >= 4 is 47.2 Å². The van der Waals surface area contributed by atoms with Crippen LogP contribution in [0, 0.1) is 0 Å². The van der Waals surface area contributed by atoms with Crippen LogP contribution >= 0.6 is 19.7 Å². The zero-order chi connectivity index (χ0) is 18.0. The van der Waals surface area contributed by atoms with Gasteiger partial charge in [0.05, 0.1) is 8.15 Å². The van der Waals surface area contributed by atoms with Gasteiger partial charge in [0.15, 0.2) is 0 Å². The lowest BCUT2D eigenvalue weighted by Crippen LogP contribution is -2.25. The van der Waals surface area contributed by atoms with Crippen LogP contribution in [0.25, 0.3) is 10.9 Å². The van der Waals surface area contributed by atoms with E-state index in [1.54, 1.807) is 6.07 Å². The Kier molecular flexibility index (Phi) is 5.43. The number of amides is 1. The molecule has 0 aliphatic rings. The first-order chi connectivity index (χ1) is 12.1. The lowest BCUT2D eigenvalue weighted by molar-refractivity contribution is 0.0997. The second-order valence-corrected chi connectivity index (χ2v) is 7.81. The van der Waals surface area contributed by atoms with Crippen molar-refractivity contribution in [2.24, 2.45) is 5.73 Å². The summed E-state index contributed by atoms with van der Waals surface area (Å²) in [7, 11) is -1.20. The third-order valence-corrected chi connectivity index (χ3v) is 6.53. The van der Waals surface area contributed by atoms with Crippen LogP contribution in [0.2, 0.25) is 5.02 Å². The lowest BCUT2D eigenvalue weighted by Gasteiger charge is -2.20. The van der Waals surface area contributed by atoms with Gasteiger partial charge in [-0.15, -0.1) is 0 Å². The van der Waals surface area contributed by atoms with E-state index in [4.69, 9.17) is 21.9 Å². The number of nitrogens with two attached hydrogens (primary N) is 1. The van der Waals surface area contributed by atoms with E-state index < -0.39 is 14.1 Å². The van der Waals surface area contributed by atoms with Crippen molar-refractivity contribution in [1.82, 2.24) is 4.98 Å². The maximum atomic E-state index is 12.1. The van der Waals surface area contributed by atoms with Crippen LogP contribution in [-0.2, 0) is 10.9 Å². The molecule has 2 aromatic carbocycles. The molecule has 4 nitrogen and oxygen atoms in total. The van der Waals surface area contributed by atoms with Gasteiger partial charge in [-0.1, -0.05) is 42.8 Å². The van der Waals surface area contributed by atoms with Crippen molar-refractivity contribution < 1.29 is 9.32 Å². The average Bonchev–Trinajstić information content (AvgIpc) is 2.98. The Morgan fingerprint density at radius 1 is 1.24 bits per heavy atom. The van der Waals surface area contributed by atoms with Crippen molar-refractivity contribution in [3.8, 4) is 0 Å². The molecular formula is C19H20ClN2O2P. The number of primary amides is 1. The van der Waals surface area contributed by atoms with E-state index in [0.29, 0.717) is 17.3 Å². The predicted molar refractivity (Wildman–Crippen MR) is 105 cm³/mol. The number of aromatic amines is 1. The molecule has 6 heteroatoms. The molecule has 0 saturated carbocycles. The predicted octanol–water partition coefficient (Wildman–Crippen LogP) is 3.87. The molecule has 1 amide bonds. The number of carbonyl (C=O) groups excluding carboxylic acids is 1. The van der Waals surface area contributed by atoms with E-state index >= 15 is 0 Å². The van der Waals surface area contributed by atoms with Crippen LogP contribution < -0.4 is 16.3 Å². The fourth-order valence-electron chi connectivity index (χ4n) is 2.93. The van der Waals surface area contributed by atoms with Gasteiger partial charge in [0.1, 0.15) is 5.69 Å². The number of hydrogen-bond acceptors (Lipinski definition) is 2. The van der Waals surface area contributed by atoms with Gasteiger partial charge in [0.2, 0.25) is 0 Å². The number of carbonyl (C=O) groups is 1. The maximum Gasteiger partial charge on any atom is 0.265 e. The zero-order valence-electron chi connectivity index (χ0n) is 14.2. The number of nitrogens with one attached hydrogen (secondary N) is 1. The maximum absolute atomic E-state index is 12.1. The molecular weight excluding hydrogens is 355 g/mol. The zero-order valence-corrected chi connectivity index (χ0v) is 15.8. The molecule has 1 unspecified atom stereocenters. The fraction of sp³-hybridized carbons (Fsp3) is 0.211. The Morgan fingerprint density at radius 2 is 2.00 bits per heavy atom. The molecule has 130 valence electrons. The normalized spacial score (nSPS) is 12.4. The topological polar surface area (TPSA) is 68.1 Å². The van der Waals surface area contributed by atoms with Gasteiger partial charge in [-0.25, -0.2) is 0 Å². The van der Waals surface area contributed by atoms with Crippen molar-refractivity contribution in [3.05, 3.63) is 58.7 Å². The number of hydrogen-bond donors (Lipinski definition) is 2. The minimum atomic E-state index is -1.20. The molecule has 0 spiro atoms. The summed E-state index contributed by atoms with van der Waals surface area (Å²) in [5.41, 5.74) is 8.07. The van der Waals surface area contributed by atoms with Crippen molar-refractivity contribution in [3.63, 3.8) is 0 Å². The first-order valence-electron chi connectivity index (χ1n) is 8.18. The number of rotatable bonds is 6. The van der Waals surface area contributed by atoms with E-state index in [2.05, 4.69) is 24.0 Å². The average molecular weight is 375 g/mol. The van der Waals surface area contributed by atoms with Gasteiger partial charge in [0, 0.05) is 33.1 Å². The molecule has 3 rings (SSSR count). The highest BCUT2D eigenvalue weighted by Gasteiger charge is 2.27. The summed E-state index contributed by atoms with van der Waals surface area (Å²) in [4.78, 5) is 15.2. The number of H-pyrrole nitrogens is 1. The Bertz CT molecular complexity index is 923. The van der Waals surface area contributed by atoms with Crippen LogP contribution in [0.3, 0.4) is 0 Å². The number of fused-ring (bicyclic) bond motifs is 1. The highest BCUT2D eigenvalue weighted by Crippen LogP contribution is 2.40. The SMILES string of the molecule is CCOP(c1ccccc1CC)c1c(C(N)=O)[nH]c2ccc(Cl)cc12. The number of halogens is 1. The summed E-state index contributed by atoms with van der Waals surface area (Å²) in [6, 6.07) is 13.7. The standard InChI is InChI=1S/C19H20ClN2O2P/c1-3-12-7-5-6-8-16(12)25(24-4-2)18-14-11-13(20)9-10-15(14)22-17(18)19(21)23/h5-11,22H,3-4H2,1-2H3,(H2,21,23). The molecule has 0 bridgehead atoms. The Balaban J connectivity index is 2.31. The Hall–Kier alpha value is -1.87. The van der Waals surface area contributed by atoms with Crippen molar-refractivity contribution in [2.45, 2.75) is 20.3 Å². The van der Waals surface area contributed by atoms with Gasteiger partial charge in [-0.2, -0.15) is 0 Å². The van der Waals surface area contributed by atoms with Crippen molar-refractivity contribution in [1.29, 1.82) is 0 Å². The minimum Gasteiger partial charge on any atom is -0.364 e. The molecule has 0 aliphatic carbocycles. The lowest BCUT2D eigenvalue weighted by atomic mass is 10.2. The quantitative estimate of drug-likeness (QED) is 0.643. The largest absolute Gasteiger partial charge is 0.364 e. The van der Waals surface area contributed by atoms with E-state index in [1.165, 1.54) is 5.56 Å². The first-order valence-corrected chi connectivity index (χ1v) is 9.82. The summed E-state index contributed by atoms with van der Waals surface area (Å²) in [5.74, 6) is -0.497. The molecule has 3 aromatic rings. The van der Waals surface area contributed by atoms with E-state index in [1.807, 2.05) is 31.2 Å². The molecule has 1 heterocycles. The highest BCUT2D eigenvalue weighted by atomic mass is 35.5. The first kappa shape index (κ1) is 17.9. The molecule has 0 saturated heterocycles. The second-order valence-electron chi connectivity index (χ2n) is 5.60. The second kappa shape index (κ2) is 7.57. The molecule has 1 atom stereocenters. The molecule has 0 fully saturated rings. The van der Waals surface area contributed by atoms with Crippen LogP contribution in [0.5, 0.6) is 0 Å². The van der Waals surface area contributed by atoms with Crippen LogP contribution in [0.1, 0.15) is 29.9 Å². The smallest absolute Gasteiger partial charge is 0.265 e. The van der Waals surface area contributed by atoms with Gasteiger partial charge in [0.25, 0.3) is 5.91 Å². The van der Waals surface area contributed by atoms with Crippen LogP contribution in [0.4, 0.5) is 0 Å². The molecule has 1 aromatic heterocycles. The summed E-state index contributed by atoms with van der Waals surface area (Å²) in [6.45, 7) is 4.60. The van der Waals surface area contributed by atoms with Crippen LogP contribution in [0.15, 0.2) is 42.5 Å². The number of aromatic nitrogens is 1. The third kappa shape index (κ3) is 3.43. The minimum absolute atomic E-state index is 0.391. The molecule has 3 N–H and O–H groups in total. The summed E-state index contributed by atoms with van der Waals surface area (Å²) in [6.07, 6.45) is 0.886. The number of aryl methyl sites for hydroxylation is 1. The Labute approximate surface area is 153 Å². The van der Waals surface area contributed by atoms with Gasteiger partial charge in [-0.05, 0) is 37.1 Å². The summed E-state index contributed by atoms with van der Waals surface area (Å²) >= 11 is 6.20. The summed E-state index contributed by atoms with van der Waals surface area (Å²) in [5, 5.41) is 3.40. The molecule has 0 aliphatic heterocycles. The fourth-order valence-corrected chi connectivity index (χ4v) is 5.36. The van der Waals surface area contributed by atoms with E-state index in [-0.39, 0.29) is 0 Å². The van der Waals surface area contributed by atoms with Gasteiger partial charge >= 0.3 is 0 Å². The van der Waals surface area contributed by atoms with E-state index in [9.17, 15) is 4.79 Å². The summed E-state index contributed by atoms with van der Waals surface area (Å²) < 4.78 is 6.15. The third-order valence-electron chi connectivity index (χ3n) is 4.03. The molecule has 0 radical (unpaired) electrons. The molecule has 25 heavy (non-hydrogen) atoms.